The smallest absolute Gasteiger partial charge is 0.339 e. The molecule has 13 heteroatoms. The molecule has 3 N–H and O–H groups in total. The number of carbonyl (C=O) groups excluding carboxylic acids is 4. The molecule has 2 saturated heterocycles. The predicted molar refractivity (Wildman–Crippen MR) is 146 cm³/mol. The number of halogens is 3. The van der Waals surface area contributed by atoms with Crippen LogP contribution in [0.1, 0.15) is 34.7 Å². The molecule has 3 fully saturated rings. The number of benzene rings is 2. The summed E-state index contributed by atoms with van der Waals surface area (Å²) in [6.07, 6.45) is 1.61. The Morgan fingerprint density at radius 1 is 0.976 bits per heavy atom. The lowest BCUT2D eigenvalue weighted by atomic mass is 9.56. The van der Waals surface area contributed by atoms with Gasteiger partial charge in [0.05, 0.1) is 17.5 Å². The standard InChI is InChI=1S/C28H21Cl3N2O8/c1-32-25(40)27(30)10-17-13(21(28(27,31)26(32)41)14-5-3-12(34)9-18(14)29)6-7-16-20(17)23(37)33(22(16)36)11-2-4-15(24(38)39)19(35)8-11/h2-6,8-9,16-17,20-21,34-35H,7,10H2,1H3,(H,38,39)/t16-,17+,20-,21+,27+,28-/m0/s1. The third kappa shape index (κ3) is 3.47. The highest BCUT2D eigenvalue weighted by Crippen LogP contribution is 2.66. The number of hydrogen-bond donors (Lipinski definition) is 3. The Balaban J connectivity index is 1.49. The predicted octanol–water partition coefficient (Wildman–Crippen LogP) is 3.64. The summed E-state index contributed by atoms with van der Waals surface area (Å²) in [6, 6.07) is 7.49. The summed E-state index contributed by atoms with van der Waals surface area (Å²) >= 11 is 20.7. The number of likely N-dealkylation sites (tertiary alicyclic amines) is 1. The van der Waals surface area contributed by atoms with E-state index in [9.17, 15) is 39.3 Å². The summed E-state index contributed by atoms with van der Waals surface area (Å²) in [6.45, 7) is 0. The van der Waals surface area contributed by atoms with Gasteiger partial charge in [-0.2, -0.15) is 0 Å². The van der Waals surface area contributed by atoms with E-state index >= 15 is 0 Å². The molecule has 2 aliphatic carbocycles. The van der Waals surface area contributed by atoms with Crippen LogP contribution in [0.5, 0.6) is 11.5 Å². The number of nitrogens with zero attached hydrogens (tertiary/aromatic N) is 2. The second-order valence-corrected chi connectivity index (χ2v) is 12.4. The van der Waals surface area contributed by atoms with E-state index in [4.69, 9.17) is 34.8 Å². The van der Waals surface area contributed by atoms with Crippen molar-refractivity contribution in [1.29, 1.82) is 0 Å². The SMILES string of the molecule is CN1C(=O)[C@]2(Cl)C[C@@H]3C(=CC[C@@H]4C(=O)N(c5ccc(C(=O)O)c(O)c5)C(=O)[C@@H]43)[C@H](c3ccc(O)cc3Cl)[C@]2(Cl)C1=O. The Morgan fingerprint density at radius 2 is 1.68 bits per heavy atom. The first-order valence-electron chi connectivity index (χ1n) is 12.6. The Kier molecular flexibility index (Phi) is 6.02. The van der Waals surface area contributed by atoms with Crippen molar-refractivity contribution in [3.63, 3.8) is 0 Å². The fourth-order valence-electron chi connectivity index (χ4n) is 6.93. The van der Waals surface area contributed by atoms with Gasteiger partial charge in [0.1, 0.15) is 17.1 Å². The molecule has 2 heterocycles. The van der Waals surface area contributed by atoms with Crippen LogP contribution in [0.25, 0.3) is 0 Å². The average molecular weight is 620 g/mol. The number of rotatable bonds is 3. The van der Waals surface area contributed by atoms with Gasteiger partial charge in [-0.25, -0.2) is 9.69 Å². The molecule has 10 nitrogen and oxygen atoms in total. The first kappa shape index (κ1) is 27.6. The van der Waals surface area contributed by atoms with Crippen molar-refractivity contribution in [3.8, 4) is 11.5 Å². The molecule has 4 aliphatic rings. The van der Waals surface area contributed by atoms with Gasteiger partial charge in [-0.3, -0.25) is 24.1 Å². The molecule has 0 radical (unpaired) electrons. The molecule has 0 spiro atoms. The summed E-state index contributed by atoms with van der Waals surface area (Å²) in [5, 5.41) is 29.5. The van der Waals surface area contributed by atoms with E-state index < -0.39 is 74.3 Å². The second-order valence-electron chi connectivity index (χ2n) is 10.7. The van der Waals surface area contributed by atoms with Gasteiger partial charge in [0.15, 0.2) is 9.75 Å². The van der Waals surface area contributed by atoms with Gasteiger partial charge in [0.25, 0.3) is 11.8 Å². The number of anilines is 1. The quantitative estimate of drug-likeness (QED) is 0.268. The Labute approximate surface area is 247 Å². The molecule has 2 aliphatic heterocycles. The van der Waals surface area contributed by atoms with E-state index in [1.54, 1.807) is 6.08 Å². The van der Waals surface area contributed by atoms with Crippen LogP contribution in [0.15, 0.2) is 48.0 Å². The topological polar surface area (TPSA) is 153 Å². The van der Waals surface area contributed by atoms with Crippen LogP contribution in [-0.4, -0.2) is 66.6 Å². The largest absolute Gasteiger partial charge is 0.508 e. The Bertz CT molecular complexity index is 1640. The Hall–Kier alpha value is -3.60. The van der Waals surface area contributed by atoms with Gasteiger partial charge in [0.2, 0.25) is 11.8 Å². The van der Waals surface area contributed by atoms with E-state index in [2.05, 4.69) is 0 Å². The summed E-state index contributed by atoms with van der Waals surface area (Å²) in [7, 11) is 1.27. The lowest BCUT2D eigenvalue weighted by Gasteiger charge is -2.51. The van der Waals surface area contributed by atoms with Crippen LogP contribution in [0, 0.1) is 17.8 Å². The van der Waals surface area contributed by atoms with Gasteiger partial charge in [-0.1, -0.05) is 29.3 Å². The molecule has 41 heavy (non-hydrogen) atoms. The second kappa shape index (κ2) is 8.95. The monoisotopic (exact) mass is 618 g/mol. The summed E-state index contributed by atoms with van der Waals surface area (Å²) < 4.78 is 0. The first-order valence-corrected chi connectivity index (χ1v) is 13.7. The van der Waals surface area contributed by atoms with Crippen molar-refractivity contribution in [3.05, 3.63) is 64.2 Å². The maximum atomic E-state index is 14.0. The zero-order valence-corrected chi connectivity index (χ0v) is 23.4. The van der Waals surface area contributed by atoms with Crippen LogP contribution in [0.3, 0.4) is 0 Å². The third-order valence-corrected chi connectivity index (χ3v) is 10.5. The van der Waals surface area contributed by atoms with Crippen molar-refractivity contribution in [1.82, 2.24) is 4.90 Å². The van der Waals surface area contributed by atoms with Crippen molar-refractivity contribution in [2.24, 2.45) is 17.8 Å². The van der Waals surface area contributed by atoms with Gasteiger partial charge in [-0.15, -0.1) is 23.2 Å². The van der Waals surface area contributed by atoms with Gasteiger partial charge in [0, 0.05) is 24.1 Å². The molecule has 6 atom stereocenters. The molecule has 0 aromatic heterocycles. The zero-order chi connectivity index (χ0) is 29.8. The summed E-state index contributed by atoms with van der Waals surface area (Å²) in [5.41, 5.74) is 0.435. The van der Waals surface area contributed by atoms with Crippen molar-refractivity contribution in [2.45, 2.75) is 28.5 Å². The fraction of sp³-hybridized carbons (Fsp3) is 0.321. The van der Waals surface area contributed by atoms with Gasteiger partial charge in [-0.05, 0) is 48.6 Å². The number of alkyl halides is 2. The molecule has 2 aromatic rings. The molecule has 212 valence electrons. The molecule has 0 unspecified atom stereocenters. The van der Waals surface area contributed by atoms with E-state index in [1.165, 1.54) is 31.3 Å². The lowest BCUT2D eigenvalue weighted by molar-refractivity contribution is -0.138. The van der Waals surface area contributed by atoms with E-state index in [1.807, 2.05) is 0 Å². The number of amides is 4. The number of hydrogen-bond acceptors (Lipinski definition) is 7. The van der Waals surface area contributed by atoms with Crippen LogP contribution < -0.4 is 4.90 Å². The maximum Gasteiger partial charge on any atom is 0.339 e. The van der Waals surface area contributed by atoms with Crippen LogP contribution in [-0.2, 0) is 19.2 Å². The van der Waals surface area contributed by atoms with Crippen molar-refractivity contribution < 1.29 is 39.3 Å². The maximum absolute atomic E-state index is 14.0. The highest BCUT2D eigenvalue weighted by molar-refractivity contribution is 6.53. The number of imide groups is 2. The van der Waals surface area contributed by atoms with Crippen LogP contribution in [0.2, 0.25) is 5.02 Å². The average Bonchev–Trinajstić information content (AvgIpc) is 3.24. The zero-order valence-electron chi connectivity index (χ0n) is 21.2. The molecule has 1 saturated carbocycles. The van der Waals surface area contributed by atoms with E-state index in [0.717, 1.165) is 21.9 Å². The van der Waals surface area contributed by atoms with Crippen molar-refractivity contribution in [2.75, 3.05) is 11.9 Å². The molecule has 0 bridgehead atoms. The first-order chi connectivity index (χ1) is 19.2. The van der Waals surface area contributed by atoms with E-state index in [0.29, 0.717) is 11.1 Å². The lowest BCUT2D eigenvalue weighted by Crippen LogP contribution is -2.60. The van der Waals surface area contributed by atoms with Crippen LogP contribution >= 0.6 is 34.8 Å². The van der Waals surface area contributed by atoms with Crippen molar-refractivity contribution >= 4 is 70.1 Å². The number of phenols is 2. The number of aromatic carboxylic acids is 1. The summed E-state index contributed by atoms with van der Waals surface area (Å²) in [5.74, 6) is -8.52. The molecule has 6 rings (SSSR count). The van der Waals surface area contributed by atoms with Gasteiger partial charge >= 0.3 is 5.97 Å². The third-order valence-electron chi connectivity index (χ3n) is 8.78. The number of carboxylic acids is 1. The highest BCUT2D eigenvalue weighted by Gasteiger charge is 2.76. The molecule has 2 aromatic carbocycles. The number of phenolic OH excluding ortho intramolecular Hbond substituents is 1. The minimum atomic E-state index is -2.01. The Morgan fingerprint density at radius 3 is 2.32 bits per heavy atom. The van der Waals surface area contributed by atoms with Gasteiger partial charge < -0.3 is 15.3 Å². The number of carbonyl (C=O) groups is 5. The number of carboxylic acid groups (broad SMARTS) is 1. The van der Waals surface area contributed by atoms with Crippen LogP contribution in [0.4, 0.5) is 5.69 Å². The molecular formula is C28H21Cl3N2O8. The molecular weight excluding hydrogens is 599 g/mol. The highest BCUT2D eigenvalue weighted by atomic mass is 35.5. The molecule has 4 amide bonds. The van der Waals surface area contributed by atoms with E-state index in [-0.39, 0.29) is 29.3 Å². The number of aromatic hydroxyl groups is 2. The fourth-order valence-corrected chi connectivity index (χ4v) is 8.23. The number of fused-ring (bicyclic) bond motifs is 4. The minimum absolute atomic E-state index is 0.00785. The summed E-state index contributed by atoms with van der Waals surface area (Å²) in [4.78, 5) is 63.7. The number of allylic oxidation sites excluding steroid dienone is 2. The normalized spacial score (nSPS) is 32.5. The minimum Gasteiger partial charge on any atom is -0.508 e.